The Balaban J connectivity index is 1.91. The van der Waals surface area contributed by atoms with Crippen molar-refractivity contribution in [3.63, 3.8) is 0 Å². The number of ether oxygens (including phenoxy) is 1. The number of amidine groups is 1. The largest absolute Gasteiger partial charge is 0.467 e. The Labute approximate surface area is 146 Å². The molecule has 0 aliphatic carbocycles. The van der Waals surface area contributed by atoms with Gasteiger partial charge in [-0.15, -0.1) is 0 Å². The molecule has 2 heterocycles. The lowest BCUT2D eigenvalue weighted by Gasteiger charge is -2.33. The van der Waals surface area contributed by atoms with E-state index >= 15 is 0 Å². The number of benzene rings is 1. The molecule has 132 valence electrons. The molecule has 0 amide bonds. The SMILES string of the molecule is COC(=O)C1CCCCN1c1cn(C)c(-c2ccc(C(=N)N)cc2)n1. The number of imidazole rings is 1. The predicted molar refractivity (Wildman–Crippen MR) is 96.7 cm³/mol. The van der Waals surface area contributed by atoms with Crippen LogP contribution in [0, 0.1) is 5.41 Å². The number of nitrogen functional groups attached to an aromatic ring is 1. The molecular weight excluding hydrogens is 318 g/mol. The highest BCUT2D eigenvalue weighted by Crippen LogP contribution is 2.28. The fourth-order valence-corrected chi connectivity index (χ4v) is 3.24. The van der Waals surface area contributed by atoms with Gasteiger partial charge < -0.3 is 19.9 Å². The second kappa shape index (κ2) is 6.96. The van der Waals surface area contributed by atoms with Crippen molar-refractivity contribution in [3.05, 3.63) is 36.0 Å². The average molecular weight is 341 g/mol. The van der Waals surface area contributed by atoms with Crippen LogP contribution in [0.4, 0.5) is 5.82 Å². The fraction of sp³-hybridized carbons (Fsp3) is 0.389. The van der Waals surface area contributed by atoms with Crippen LogP contribution in [0.1, 0.15) is 24.8 Å². The van der Waals surface area contributed by atoms with Gasteiger partial charge in [-0.05, 0) is 19.3 Å². The summed E-state index contributed by atoms with van der Waals surface area (Å²) in [6, 6.07) is 7.14. The minimum atomic E-state index is -0.276. The second-order valence-corrected chi connectivity index (χ2v) is 6.25. The standard InChI is InChI=1S/C18H23N5O2/c1-22-11-15(23-10-4-3-5-14(23)18(24)25-2)21-17(22)13-8-6-12(7-9-13)16(19)20/h6-9,11,14H,3-5,10H2,1-2H3,(H3,19,20). The Bertz CT molecular complexity index is 781. The number of aromatic nitrogens is 2. The molecule has 3 N–H and O–H groups in total. The molecule has 1 atom stereocenters. The maximum atomic E-state index is 12.1. The van der Waals surface area contributed by atoms with E-state index in [1.165, 1.54) is 7.11 Å². The van der Waals surface area contributed by atoms with Crippen LogP contribution in [-0.4, -0.2) is 41.1 Å². The van der Waals surface area contributed by atoms with Gasteiger partial charge in [-0.2, -0.15) is 0 Å². The minimum absolute atomic E-state index is 0.0429. The molecule has 1 fully saturated rings. The van der Waals surface area contributed by atoms with Gasteiger partial charge in [0.1, 0.15) is 23.5 Å². The summed E-state index contributed by atoms with van der Waals surface area (Å²) in [5.74, 6) is 1.42. The van der Waals surface area contributed by atoms with Gasteiger partial charge in [-0.25, -0.2) is 9.78 Å². The molecule has 3 rings (SSSR count). The highest BCUT2D eigenvalue weighted by atomic mass is 16.5. The maximum Gasteiger partial charge on any atom is 0.328 e. The summed E-state index contributed by atoms with van der Waals surface area (Å²) in [7, 11) is 3.36. The first-order valence-corrected chi connectivity index (χ1v) is 8.34. The molecule has 1 saturated heterocycles. The lowest BCUT2D eigenvalue weighted by Crippen LogP contribution is -2.45. The number of carbonyl (C=O) groups is 1. The van der Waals surface area contributed by atoms with Crippen molar-refractivity contribution in [1.29, 1.82) is 5.41 Å². The Morgan fingerprint density at radius 2 is 2.04 bits per heavy atom. The van der Waals surface area contributed by atoms with Gasteiger partial charge >= 0.3 is 5.97 Å². The summed E-state index contributed by atoms with van der Waals surface area (Å²) in [5.41, 5.74) is 7.12. The second-order valence-electron chi connectivity index (χ2n) is 6.25. The van der Waals surface area contributed by atoms with Crippen molar-refractivity contribution in [1.82, 2.24) is 9.55 Å². The van der Waals surface area contributed by atoms with Gasteiger partial charge in [0.15, 0.2) is 0 Å². The van der Waals surface area contributed by atoms with Gasteiger partial charge in [0.25, 0.3) is 0 Å². The number of methoxy groups -OCH3 is 1. The third-order valence-corrected chi connectivity index (χ3v) is 4.59. The Morgan fingerprint density at radius 3 is 2.68 bits per heavy atom. The van der Waals surface area contributed by atoms with Crippen molar-refractivity contribution >= 4 is 17.6 Å². The lowest BCUT2D eigenvalue weighted by atomic mass is 10.0. The predicted octanol–water partition coefficient (Wildman–Crippen LogP) is 1.90. The van der Waals surface area contributed by atoms with E-state index in [0.717, 1.165) is 43.0 Å². The van der Waals surface area contributed by atoms with Crippen molar-refractivity contribution in [2.75, 3.05) is 18.6 Å². The van der Waals surface area contributed by atoms with E-state index in [4.69, 9.17) is 20.9 Å². The normalized spacial score (nSPS) is 17.4. The number of anilines is 1. The van der Waals surface area contributed by atoms with Gasteiger partial charge in [0, 0.05) is 30.9 Å². The Kier molecular flexibility index (Phi) is 4.74. The van der Waals surface area contributed by atoms with Crippen molar-refractivity contribution in [3.8, 4) is 11.4 Å². The van der Waals surface area contributed by atoms with E-state index in [9.17, 15) is 4.79 Å². The van der Waals surface area contributed by atoms with Crippen LogP contribution in [0.2, 0.25) is 0 Å². The zero-order chi connectivity index (χ0) is 18.0. The highest BCUT2D eigenvalue weighted by Gasteiger charge is 2.31. The molecule has 7 nitrogen and oxygen atoms in total. The van der Waals surface area contributed by atoms with E-state index in [1.807, 2.05) is 47.0 Å². The molecule has 0 radical (unpaired) electrons. The first-order chi connectivity index (χ1) is 12.0. The number of piperidine rings is 1. The molecule has 25 heavy (non-hydrogen) atoms. The number of rotatable bonds is 4. The third-order valence-electron chi connectivity index (χ3n) is 4.59. The minimum Gasteiger partial charge on any atom is -0.467 e. The maximum absolute atomic E-state index is 12.1. The fourth-order valence-electron chi connectivity index (χ4n) is 3.24. The number of hydrogen-bond acceptors (Lipinski definition) is 5. The number of hydrogen-bond donors (Lipinski definition) is 2. The van der Waals surface area contributed by atoms with Crippen molar-refractivity contribution in [2.24, 2.45) is 12.8 Å². The molecule has 0 spiro atoms. The summed E-state index contributed by atoms with van der Waals surface area (Å²) in [4.78, 5) is 18.9. The first-order valence-electron chi connectivity index (χ1n) is 8.34. The molecule has 0 saturated carbocycles. The van der Waals surface area contributed by atoms with Crippen LogP contribution in [0.5, 0.6) is 0 Å². The monoisotopic (exact) mass is 341 g/mol. The molecule has 1 aromatic carbocycles. The number of nitrogens with two attached hydrogens (primary N) is 1. The van der Waals surface area contributed by atoms with Crippen LogP contribution in [0.3, 0.4) is 0 Å². The summed E-state index contributed by atoms with van der Waals surface area (Å²) in [5, 5.41) is 7.48. The van der Waals surface area contributed by atoms with Gasteiger partial charge in [0.2, 0.25) is 0 Å². The third kappa shape index (κ3) is 3.35. The molecular formula is C18H23N5O2. The van der Waals surface area contributed by atoms with Crippen LogP contribution in [-0.2, 0) is 16.6 Å². The average Bonchev–Trinajstić information content (AvgIpc) is 3.02. The number of nitrogens with zero attached hydrogens (tertiary/aromatic N) is 3. The summed E-state index contributed by atoms with van der Waals surface area (Å²) < 4.78 is 6.90. The zero-order valence-corrected chi connectivity index (χ0v) is 14.5. The molecule has 1 aromatic heterocycles. The van der Waals surface area contributed by atoms with E-state index in [0.29, 0.717) is 5.56 Å². The quantitative estimate of drug-likeness (QED) is 0.503. The highest BCUT2D eigenvalue weighted by molar-refractivity contribution is 5.95. The van der Waals surface area contributed by atoms with E-state index < -0.39 is 0 Å². The molecule has 1 aliphatic heterocycles. The summed E-state index contributed by atoms with van der Waals surface area (Å²) in [6.07, 6.45) is 4.77. The van der Waals surface area contributed by atoms with Gasteiger partial charge in [0.05, 0.1) is 7.11 Å². The molecule has 0 bridgehead atoms. The Hall–Kier alpha value is -2.83. The Morgan fingerprint density at radius 1 is 1.32 bits per heavy atom. The first kappa shape index (κ1) is 17.0. The van der Waals surface area contributed by atoms with Crippen molar-refractivity contribution in [2.45, 2.75) is 25.3 Å². The number of aryl methyl sites for hydroxylation is 1. The number of carbonyl (C=O) groups excluding carboxylic acids is 1. The molecule has 7 heteroatoms. The summed E-state index contributed by atoms with van der Waals surface area (Å²) >= 11 is 0. The zero-order valence-electron chi connectivity index (χ0n) is 14.5. The van der Waals surface area contributed by atoms with Crippen molar-refractivity contribution < 1.29 is 9.53 Å². The molecule has 1 aliphatic rings. The van der Waals surface area contributed by atoms with E-state index in [2.05, 4.69) is 0 Å². The van der Waals surface area contributed by atoms with E-state index in [1.54, 1.807) is 0 Å². The topological polar surface area (TPSA) is 97.2 Å². The number of esters is 1. The number of nitrogens with one attached hydrogen (secondary N) is 1. The molecule has 1 unspecified atom stereocenters. The molecule has 2 aromatic rings. The van der Waals surface area contributed by atoms with Crippen LogP contribution in [0.25, 0.3) is 11.4 Å². The summed E-state index contributed by atoms with van der Waals surface area (Å²) in [6.45, 7) is 0.791. The van der Waals surface area contributed by atoms with Crippen LogP contribution >= 0.6 is 0 Å². The van der Waals surface area contributed by atoms with Crippen LogP contribution < -0.4 is 10.6 Å². The smallest absolute Gasteiger partial charge is 0.328 e. The van der Waals surface area contributed by atoms with Crippen LogP contribution in [0.15, 0.2) is 30.5 Å². The van der Waals surface area contributed by atoms with Gasteiger partial charge in [-0.3, -0.25) is 5.41 Å². The van der Waals surface area contributed by atoms with Gasteiger partial charge in [-0.1, -0.05) is 24.3 Å². The van der Waals surface area contributed by atoms with E-state index in [-0.39, 0.29) is 17.8 Å². The lowest BCUT2D eigenvalue weighted by molar-refractivity contribution is -0.142.